The van der Waals surface area contributed by atoms with Gasteiger partial charge in [-0.1, -0.05) is 0 Å². The summed E-state index contributed by atoms with van der Waals surface area (Å²) in [6.07, 6.45) is 2.03. The van der Waals surface area contributed by atoms with Crippen LogP contribution in [0, 0.1) is 11.2 Å². The van der Waals surface area contributed by atoms with E-state index in [0.717, 1.165) is 16.7 Å². The average molecular weight is 360 g/mol. The molecule has 136 valence electrons. The fourth-order valence-electron chi connectivity index (χ4n) is 2.60. The Morgan fingerprint density at radius 2 is 2.04 bits per heavy atom. The fraction of sp³-hybridized carbons (Fsp3) is 0.278. The first-order valence-electron chi connectivity index (χ1n) is 8.07. The molecule has 0 radical (unpaired) electrons. The number of aromatic hydroxyl groups is 1. The monoisotopic (exact) mass is 360 g/mol. The molecule has 3 rings (SSSR count). The van der Waals surface area contributed by atoms with Gasteiger partial charge in [-0.2, -0.15) is 0 Å². The number of anilines is 1. The second-order valence-electron chi connectivity index (χ2n) is 6.01. The lowest BCUT2D eigenvalue weighted by molar-refractivity contribution is -0.152. The van der Waals surface area contributed by atoms with Crippen LogP contribution in [0.4, 0.5) is 10.1 Å². The molecule has 1 heterocycles. The van der Waals surface area contributed by atoms with Crippen LogP contribution in [0.1, 0.15) is 19.8 Å². The topological polar surface area (TPSA) is 97.6 Å². The molecule has 1 aliphatic carbocycles. The van der Waals surface area contributed by atoms with Crippen LogP contribution >= 0.6 is 0 Å². The second kappa shape index (κ2) is 6.62. The summed E-state index contributed by atoms with van der Waals surface area (Å²) in [6.45, 7) is 1.81. The molecule has 1 aliphatic rings. The maximum Gasteiger partial charge on any atom is 0.321 e. The molecule has 0 unspecified atom stereocenters. The molecule has 26 heavy (non-hydrogen) atoms. The first-order chi connectivity index (χ1) is 12.4. The van der Waals surface area contributed by atoms with Crippen molar-refractivity contribution in [1.82, 2.24) is 4.57 Å². The van der Waals surface area contributed by atoms with Crippen molar-refractivity contribution in [2.45, 2.75) is 19.8 Å². The van der Waals surface area contributed by atoms with Crippen LogP contribution in [-0.4, -0.2) is 28.2 Å². The van der Waals surface area contributed by atoms with E-state index in [-0.39, 0.29) is 23.7 Å². The van der Waals surface area contributed by atoms with E-state index in [2.05, 4.69) is 5.32 Å². The van der Waals surface area contributed by atoms with Gasteiger partial charge in [0.2, 0.25) is 5.91 Å². The van der Waals surface area contributed by atoms with Gasteiger partial charge in [-0.05, 0) is 38.0 Å². The molecular weight excluding hydrogens is 343 g/mol. The Morgan fingerprint density at radius 1 is 1.31 bits per heavy atom. The smallest absolute Gasteiger partial charge is 0.321 e. The first-order valence-corrected chi connectivity index (χ1v) is 8.07. The molecule has 1 aromatic carbocycles. The molecule has 8 heteroatoms. The predicted molar refractivity (Wildman–Crippen MR) is 90.6 cm³/mol. The van der Waals surface area contributed by atoms with Crippen LogP contribution in [0.2, 0.25) is 0 Å². The van der Waals surface area contributed by atoms with Crippen molar-refractivity contribution in [3.05, 3.63) is 52.7 Å². The summed E-state index contributed by atoms with van der Waals surface area (Å²) >= 11 is 0. The number of hydrogen-bond acceptors (Lipinski definition) is 5. The number of carbonyl (C=O) groups excluding carboxylic acids is 2. The molecule has 0 spiro atoms. The summed E-state index contributed by atoms with van der Waals surface area (Å²) in [5, 5.41) is 11.7. The third-order valence-electron chi connectivity index (χ3n) is 4.23. The number of halogens is 1. The predicted octanol–water partition coefficient (Wildman–Crippen LogP) is 1.96. The van der Waals surface area contributed by atoms with Gasteiger partial charge in [0.1, 0.15) is 17.0 Å². The number of amides is 1. The zero-order valence-corrected chi connectivity index (χ0v) is 14.0. The van der Waals surface area contributed by atoms with Crippen molar-refractivity contribution in [3.63, 3.8) is 0 Å². The minimum atomic E-state index is -1.24. The van der Waals surface area contributed by atoms with E-state index < -0.39 is 28.7 Å². The van der Waals surface area contributed by atoms with Crippen LogP contribution in [0.5, 0.6) is 5.75 Å². The number of carbonyl (C=O) groups is 2. The van der Waals surface area contributed by atoms with Gasteiger partial charge in [0.25, 0.3) is 5.56 Å². The maximum atomic E-state index is 14.4. The van der Waals surface area contributed by atoms with E-state index in [0.29, 0.717) is 12.8 Å². The highest BCUT2D eigenvalue weighted by atomic mass is 19.1. The third-order valence-corrected chi connectivity index (χ3v) is 4.23. The van der Waals surface area contributed by atoms with Crippen molar-refractivity contribution < 1.29 is 23.8 Å². The minimum Gasteiger partial charge on any atom is -0.508 e. The Labute approximate surface area is 148 Å². The van der Waals surface area contributed by atoms with Crippen molar-refractivity contribution in [1.29, 1.82) is 0 Å². The van der Waals surface area contributed by atoms with E-state index in [1.54, 1.807) is 6.92 Å². The lowest BCUT2D eigenvalue weighted by atomic mass is 10.1. The van der Waals surface area contributed by atoms with Crippen LogP contribution in [0.15, 0.2) is 41.3 Å². The average Bonchev–Trinajstić information content (AvgIpc) is 3.39. The summed E-state index contributed by atoms with van der Waals surface area (Å²) < 4.78 is 20.4. The zero-order valence-electron chi connectivity index (χ0n) is 14.0. The molecule has 1 fully saturated rings. The van der Waals surface area contributed by atoms with Gasteiger partial charge in [0.15, 0.2) is 0 Å². The summed E-state index contributed by atoms with van der Waals surface area (Å²) in [7, 11) is 0. The SMILES string of the molecule is CCOC(=O)C1(C(=O)Nc2ccc(-n3ccc(O)cc3=O)cc2F)CC1. The van der Waals surface area contributed by atoms with Gasteiger partial charge >= 0.3 is 5.97 Å². The molecule has 7 nitrogen and oxygen atoms in total. The molecule has 1 amide bonds. The Balaban J connectivity index is 1.81. The number of nitrogens with one attached hydrogen (secondary N) is 1. The molecular formula is C18H17FN2O5. The molecule has 2 aromatic rings. The van der Waals surface area contributed by atoms with Crippen molar-refractivity contribution in [3.8, 4) is 11.4 Å². The molecule has 1 aromatic heterocycles. The Bertz CT molecular complexity index is 933. The van der Waals surface area contributed by atoms with Crippen molar-refractivity contribution in [2.75, 3.05) is 11.9 Å². The van der Waals surface area contributed by atoms with Gasteiger partial charge in [-0.3, -0.25) is 19.0 Å². The number of benzene rings is 1. The summed E-state index contributed by atoms with van der Waals surface area (Å²) in [5.41, 5.74) is -1.63. The highest BCUT2D eigenvalue weighted by molar-refractivity contribution is 6.11. The van der Waals surface area contributed by atoms with Crippen molar-refractivity contribution >= 4 is 17.6 Å². The maximum absolute atomic E-state index is 14.4. The van der Waals surface area contributed by atoms with Gasteiger partial charge in [-0.25, -0.2) is 4.39 Å². The van der Waals surface area contributed by atoms with Crippen molar-refractivity contribution in [2.24, 2.45) is 5.41 Å². The van der Waals surface area contributed by atoms with Crippen LogP contribution in [0.25, 0.3) is 5.69 Å². The lowest BCUT2D eigenvalue weighted by Crippen LogP contribution is -2.33. The van der Waals surface area contributed by atoms with E-state index >= 15 is 0 Å². The molecule has 0 aliphatic heterocycles. The fourth-order valence-corrected chi connectivity index (χ4v) is 2.60. The second-order valence-corrected chi connectivity index (χ2v) is 6.01. The highest BCUT2D eigenvalue weighted by Crippen LogP contribution is 2.47. The molecule has 0 saturated heterocycles. The number of hydrogen-bond donors (Lipinski definition) is 2. The Kier molecular flexibility index (Phi) is 4.50. The summed E-state index contributed by atoms with van der Waals surface area (Å²) in [4.78, 5) is 36.1. The summed E-state index contributed by atoms with van der Waals surface area (Å²) in [6, 6.07) is 6.14. The normalized spacial score (nSPS) is 14.5. The molecule has 0 atom stereocenters. The number of nitrogens with zero attached hydrogens (tertiary/aromatic N) is 1. The summed E-state index contributed by atoms with van der Waals surface area (Å²) in [5.74, 6) is -2.16. The van der Waals surface area contributed by atoms with Gasteiger partial charge in [0, 0.05) is 18.3 Å². The van der Waals surface area contributed by atoms with Crippen LogP contribution < -0.4 is 10.9 Å². The van der Waals surface area contributed by atoms with Gasteiger partial charge in [0.05, 0.1) is 18.0 Å². The minimum absolute atomic E-state index is 0.0962. The third kappa shape index (κ3) is 3.17. The van der Waals surface area contributed by atoms with E-state index in [9.17, 15) is 23.9 Å². The first kappa shape index (κ1) is 17.7. The van der Waals surface area contributed by atoms with Crippen LogP contribution in [-0.2, 0) is 14.3 Å². The number of pyridine rings is 1. The number of aromatic nitrogens is 1. The lowest BCUT2D eigenvalue weighted by Gasteiger charge is -2.15. The molecule has 1 saturated carbocycles. The Hall–Kier alpha value is -3.16. The van der Waals surface area contributed by atoms with Gasteiger partial charge < -0.3 is 15.2 Å². The standard InChI is InChI=1S/C18H17FN2O5/c1-2-26-17(25)18(6-7-18)16(24)20-14-4-3-11(9-13(14)19)21-8-5-12(22)10-15(21)23/h3-5,8-10,22H,2,6-7H2,1H3,(H,20,24). The van der Waals surface area contributed by atoms with Gasteiger partial charge in [-0.15, -0.1) is 0 Å². The number of rotatable bonds is 5. The van der Waals surface area contributed by atoms with E-state index in [1.165, 1.54) is 24.4 Å². The largest absolute Gasteiger partial charge is 0.508 e. The number of esters is 1. The Morgan fingerprint density at radius 3 is 2.62 bits per heavy atom. The molecule has 2 N–H and O–H groups in total. The van der Waals surface area contributed by atoms with E-state index in [4.69, 9.17) is 4.74 Å². The quantitative estimate of drug-likeness (QED) is 0.628. The highest BCUT2D eigenvalue weighted by Gasteiger charge is 2.58. The zero-order chi connectivity index (χ0) is 18.9. The van der Waals surface area contributed by atoms with Crippen LogP contribution in [0.3, 0.4) is 0 Å². The molecule has 0 bridgehead atoms. The number of ether oxygens (including phenoxy) is 1. The van der Waals surface area contributed by atoms with E-state index in [1.807, 2.05) is 0 Å².